The maximum Gasteiger partial charge on any atom is 0.227 e. The van der Waals surface area contributed by atoms with Crippen LogP contribution in [0.5, 0.6) is 0 Å². The van der Waals surface area contributed by atoms with Gasteiger partial charge in [-0.2, -0.15) is 0 Å². The summed E-state index contributed by atoms with van der Waals surface area (Å²) in [5, 5.41) is 16.6. The Hall–Kier alpha value is -0.650. The van der Waals surface area contributed by atoms with E-state index < -0.39 is 5.60 Å². The minimum Gasteiger partial charge on any atom is -0.388 e. The number of carbonyl (C=O) groups is 1. The average Bonchev–Trinajstić information content (AvgIpc) is 2.87. The monoisotopic (exact) mass is 270 g/mol. The predicted octanol–water partition coefficient (Wildman–Crippen LogP) is 0.424. The van der Waals surface area contributed by atoms with Gasteiger partial charge in [0, 0.05) is 39.1 Å². The Kier molecular flexibility index (Phi) is 4.81. The predicted molar refractivity (Wildman–Crippen MR) is 72.8 cm³/mol. The number of nitrogens with one attached hydrogen (secondary N) is 2. The van der Waals surface area contributed by atoms with Crippen molar-refractivity contribution in [1.82, 2.24) is 10.6 Å². The normalized spacial score (nSPS) is 30.2. The third-order valence-corrected chi connectivity index (χ3v) is 4.46. The highest BCUT2D eigenvalue weighted by Crippen LogP contribution is 2.31. The second-order valence-corrected chi connectivity index (χ2v) is 5.98. The highest BCUT2D eigenvalue weighted by molar-refractivity contribution is 5.83. The molecule has 0 saturated carbocycles. The molecule has 0 spiro atoms. The van der Waals surface area contributed by atoms with E-state index in [0.717, 1.165) is 32.4 Å². The highest BCUT2D eigenvalue weighted by atomic mass is 16.5. The van der Waals surface area contributed by atoms with E-state index in [-0.39, 0.29) is 11.3 Å². The molecule has 2 rings (SSSR count). The van der Waals surface area contributed by atoms with E-state index in [9.17, 15) is 9.90 Å². The van der Waals surface area contributed by atoms with E-state index in [1.807, 2.05) is 0 Å². The molecule has 0 radical (unpaired) electrons. The summed E-state index contributed by atoms with van der Waals surface area (Å²) in [6, 6.07) is 0. The Bertz CT molecular complexity index is 308. The molecule has 0 aromatic heterocycles. The molecule has 5 heteroatoms. The van der Waals surface area contributed by atoms with Crippen LogP contribution < -0.4 is 10.6 Å². The summed E-state index contributed by atoms with van der Waals surface area (Å²) >= 11 is 0. The molecule has 19 heavy (non-hydrogen) atoms. The molecule has 2 aliphatic heterocycles. The molecule has 2 fully saturated rings. The topological polar surface area (TPSA) is 70.6 Å². The maximum atomic E-state index is 12.4. The molecule has 1 atom stereocenters. The second-order valence-electron chi connectivity index (χ2n) is 5.98. The first-order chi connectivity index (χ1) is 9.10. The lowest BCUT2D eigenvalue weighted by molar-refractivity contribution is -0.133. The van der Waals surface area contributed by atoms with E-state index in [4.69, 9.17) is 4.74 Å². The van der Waals surface area contributed by atoms with Gasteiger partial charge >= 0.3 is 0 Å². The number of carbonyl (C=O) groups excluding carboxylic acids is 1. The van der Waals surface area contributed by atoms with Gasteiger partial charge in [0.05, 0.1) is 11.0 Å². The molecule has 5 nitrogen and oxygen atoms in total. The molecule has 0 aliphatic carbocycles. The molecule has 110 valence electrons. The fourth-order valence-electron chi connectivity index (χ4n) is 3.10. The van der Waals surface area contributed by atoms with Crippen molar-refractivity contribution in [2.75, 3.05) is 32.8 Å². The van der Waals surface area contributed by atoms with Crippen LogP contribution in [0.2, 0.25) is 0 Å². The van der Waals surface area contributed by atoms with Gasteiger partial charge in [-0.25, -0.2) is 0 Å². The van der Waals surface area contributed by atoms with E-state index in [1.165, 1.54) is 0 Å². The Morgan fingerprint density at radius 3 is 2.68 bits per heavy atom. The standard InChI is InChI=1S/C14H26N2O3/c1-2-3-13(4-7-15-10-13)12(17)16-11-14(18)5-8-19-9-6-14/h15,18H,2-11H2,1H3,(H,16,17). The summed E-state index contributed by atoms with van der Waals surface area (Å²) in [5.41, 5.74) is -1.05. The molecule has 2 heterocycles. The van der Waals surface area contributed by atoms with E-state index >= 15 is 0 Å². The fraction of sp³-hybridized carbons (Fsp3) is 0.929. The fourth-order valence-corrected chi connectivity index (χ4v) is 3.10. The van der Waals surface area contributed by atoms with Gasteiger partial charge in [0.25, 0.3) is 0 Å². The first-order valence-electron chi connectivity index (χ1n) is 7.39. The Morgan fingerprint density at radius 2 is 2.11 bits per heavy atom. The summed E-state index contributed by atoms with van der Waals surface area (Å²) in [6.07, 6.45) is 4.02. The van der Waals surface area contributed by atoms with Crippen LogP contribution in [0.1, 0.15) is 39.0 Å². The first kappa shape index (κ1) is 14.8. The van der Waals surface area contributed by atoms with Crippen molar-refractivity contribution in [1.29, 1.82) is 0 Å². The number of aliphatic hydroxyl groups is 1. The van der Waals surface area contributed by atoms with E-state index in [0.29, 0.717) is 32.6 Å². The van der Waals surface area contributed by atoms with Gasteiger partial charge in [0.1, 0.15) is 0 Å². The molecular formula is C14H26N2O3. The molecule has 2 saturated heterocycles. The zero-order chi connectivity index (χ0) is 13.8. The van der Waals surface area contributed by atoms with Gasteiger partial charge in [-0.05, 0) is 19.4 Å². The van der Waals surface area contributed by atoms with Crippen molar-refractivity contribution in [3.63, 3.8) is 0 Å². The second kappa shape index (κ2) is 6.20. The average molecular weight is 270 g/mol. The molecule has 3 N–H and O–H groups in total. The van der Waals surface area contributed by atoms with Crippen molar-refractivity contribution < 1.29 is 14.6 Å². The van der Waals surface area contributed by atoms with Crippen LogP contribution in [0.3, 0.4) is 0 Å². The third-order valence-electron chi connectivity index (χ3n) is 4.46. The number of ether oxygens (including phenoxy) is 1. The summed E-state index contributed by atoms with van der Waals surface area (Å²) < 4.78 is 5.25. The van der Waals surface area contributed by atoms with Crippen LogP contribution >= 0.6 is 0 Å². The summed E-state index contributed by atoms with van der Waals surface area (Å²) in [4.78, 5) is 12.4. The number of hydrogen-bond acceptors (Lipinski definition) is 4. The van der Waals surface area contributed by atoms with Gasteiger partial charge in [-0.15, -0.1) is 0 Å². The quantitative estimate of drug-likeness (QED) is 0.677. The van der Waals surface area contributed by atoms with Crippen LogP contribution in [0.25, 0.3) is 0 Å². The zero-order valence-corrected chi connectivity index (χ0v) is 11.8. The lowest BCUT2D eigenvalue weighted by Crippen LogP contribution is -2.51. The molecule has 0 aromatic carbocycles. The molecule has 0 aromatic rings. The Morgan fingerprint density at radius 1 is 1.37 bits per heavy atom. The number of rotatable bonds is 5. The lowest BCUT2D eigenvalue weighted by atomic mass is 9.81. The smallest absolute Gasteiger partial charge is 0.227 e. The molecule has 1 unspecified atom stereocenters. The molecule has 2 aliphatic rings. The summed E-state index contributed by atoms with van der Waals surface area (Å²) in [7, 11) is 0. The molecule has 0 bridgehead atoms. The first-order valence-corrected chi connectivity index (χ1v) is 7.39. The van der Waals surface area contributed by atoms with Gasteiger partial charge in [-0.1, -0.05) is 13.3 Å². The summed E-state index contributed by atoms with van der Waals surface area (Å²) in [6.45, 7) is 5.28. The Labute approximate surface area is 115 Å². The van der Waals surface area contributed by atoms with Crippen molar-refractivity contribution in [2.24, 2.45) is 5.41 Å². The minimum absolute atomic E-state index is 0.0965. The highest BCUT2D eigenvalue weighted by Gasteiger charge is 2.41. The SMILES string of the molecule is CCCC1(C(=O)NCC2(O)CCOCC2)CCNC1. The number of hydrogen-bond donors (Lipinski definition) is 3. The molecular weight excluding hydrogens is 244 g/mol. The lowest BCUT2D eigenvalue weighted by Gasteiger charge is -2.34. The van der Waals surface area contributed by atoms with Crippen molar-refractivity contribution >= 4 is 5.91 Å². The van der Waals surface area contributed by atoms with Gasteiger partial charge < -0.3 is 20.5 Å². The zero-order valence-electron chi connectivity index (χ0n) is 11.8. The van der Waals surface area contributed by atoms with Crippen LogP contribution in [0.15, 0.2) is 0 Å². The van der Waals surface area contributed by atoms with E-state index in [1.54, 1.807) is 0 Å². The van der Waals surface area contributed by atoms with Crippen molar-refractivity contribution in [3.8, 4) is 0 Å². The van der Waals surface area contributed by atoms with Crippen molar-refractivity contribution in [3.05, 3.63) is 0 Å². The van der Waals surface area contributed by atoms with Crippen molar-refractivity contribution in [2.45, 2.75) is 44.6 Å². The van der Waals surface area contributed by atoms with Gasteiger partial charge in [0.2, 0.25) is 5.91 Å². The van der Waals surface area contributed by atoms with Crippen LogP contribution in [0.4, 0.5) is 0 Å². The van der Waals surface area contributed by atoms with Gasteiger partial charge in [-0.3, -0.25) is 4.79 Å². The van der Waals surface area contributed by atoms with Crippen LogP contribution in [0, 0.1) is 5.41 Å². The third kappa shape index (κ3) is 3.46. The van der Waals surface area contributed by atoms with Crippen LogP contribution in [-0.2, 0) is 9.53 Å². The van der Waals surface area contributed by atoms with E-state index in [2.05, 4.69) is 17.6 Å². The summed E-state index contributed by atoms with van der Waals surface area (Å²) in [5.74, 6) is 0.0965. The van der Waals surface area contributed by atoms with Crippen LogP contribution in [-0.4, -0.2) is 49.5 Å². The number of amides is 1. The largest absolute Gasteiger partial charge is 0.388 e. The molecule has 1 amide bonds. The maximum absolute atomic E-state index is 12.4. The minimum atomic E-state index is -0.784. The Balaban J connectivity index is 1.88. The van der Waals surface area contributed by atoms with Gasteiger partial charge in [0.15, 0.2) is 0 Å².